The maximum absolute atomic E-state index is 13.2. The summed E-state index contributed by atoms with van der Waals surface area (Å²) in [6, 6.07) is 25.4. The monoisotopic (exact) mass is 483 g/mol. The summed E-state index contributed by atoms with van der Waals surface area (Å²) in [6.07, 6.45) is 3.87. The number of nitrogens with zero attached hydrogens (tertiary/aromatic N) is 1. The van der Waals surface area contributed by atoms with Crippen LogP contribution in [0.15, 0.2) is 90.5 Å². The van der Waals surface area contributed by atoms with Crippen LogP contribution in [0.4, 0.5) is 5.69 Å². The number of benzene rings is 3. The first-order valence-corrected chi connectivity index (χ1v) is 9.92. The van der Waals surface area contributed by atoms with Crippen molar-refractivity contribution in [2.45, 2.75) is 0 Å². The number of amides is 1. The second kappa shape index (κ2) is 7.71. The van der Waals surface area contributed by atoms with Gasteiger partial charge in [0.1, 0.15) is 0 Å². The lowest BCUT2D eigenvalue weighted by molar-refractivity contribution is -0.113. The number of hydrogen-bond acceptors (Lipinski definition) is 1. The third kappa shape index (κ3) is 3.84. The molecule has 0 spiro atoms. The highest BCUT2D eigenvalue weighted by Gasteiger charge is 2.30. The maximum Gasteiger partial charge on any atom is 0.262 e. The summed E-state index contributed by atoms with van der Waals surface area (Å²) in [5.41, 5.74) is 4.30. The van der Waals surface area contributed by atoms with E-state index in [1.54, 1.807) is 4.90 Å². The molecular formula is C23H15ClINO. The predicted molar refractivity (Wildman–Crippen MR) is 120 cm³/mol. The molecule has 1 heterocycles. The second-order valence-electron chi connectivity index (χ2n) is 6.17. The zero-order chi connectivity index (χ0) is 18.8. The summed E-state index contributed by atoms with van der Waals surface area (Å²) < 4.78 is 1.08. The third-order valence-corrected chi connectivity index (χ3v) is 5.23. The van der Waals surface area contributed by atoms with Gasteiger partial charge in [-0.05, 0) is 76.2 Å². The minimum absolute atomic E-state index is 0.0363. The molecule has 2 nitrogen and oxygen atoms in total. The van der Waals surface area contributed by atoms with Crippen LogP contribution in [-0.2, 0) is 4.79 Å². The molecule has 0 saturated heterocycles. The number of carbonyl (C=O) groups is 1. The number of rotatable bonds is 3. The van der Waals surface area contributed by atoms with Crippen molar-refractivity contribution in [2.24, 2.45) is 0 Å². The molecule has 132 valence electrons. The highest BCUT2D eigenvalue weighted by Crippen LogP contribution is 2.36. The van der Waals surface area contributed by atoms with Crippen molar-refractivity contribution in [3.63, 3.8) is 0 Å². The van der Waals surface area contributed by atoms with Gasteiger partial charge >= 0.3 is 0 Å². The minimum Gasteiger partial charge on any atom is -0.276 e. The van der Waals surface area contributed by atoms with E-state index in [-0.39, 0.29) is 5.91 Å². The molecule has 4 rings (SSSR count). The van der Waals surface area contributed by atoms with Crippen molar-refractivity contribution >= 4 is 57.6 Å². The average Bonchev–Trinajstić information content (AvgIpc) is 2.99. The maximum atomic E-state index is 13.2. The molecule has 3 aromatic carbocycles. The summed E-state index contributed by atoms with van der Waals surface area (Å²) >= 11 is 8.30. The van der Waals surface area contributed by atoms with Gasteiger partial charge in [-0.2, -0.15) is 0 Å². The van der Waals surface area contributed by atoms with E-state index in [2.05, 4.69) is 22.6 Å². The van der Waals surface area contributed by atoms with Gasteiger partial charge in [0.15, 0.2) is 0 Å². The fourth-order valence-corrected chi connectivity index (χ4v) is 3.70. The number of anilines is 1. The fourth-order valence-electron chi connectivity index (χ4n) is 3.05. The molecule has 1 amide bonds. The Hall–Kier alpha value is -2.37. The Labute approximate surface area is 176 Å². The predicted octanol–water partition coefficient (Wildman–Crippen LogP) is 6.42. The molecule has 0 radical (unpaired) electrons. The van der Waals surface area contributed by atoms with Gasteiger partial charge < -0.3 is 0 Å². The van der Waals surface area contributed by atoms with Gasteiger partial charge in [-0.15, -0.1) is 0 Å². The molecule has 0 aromatic heterocycles. The molecule has 27 heavy (non-hydrogen) atoms. The average molecular weight is 484 g/mol. The van der Waals surface area contributed by atoms with E-state index in [1.165, 1.54) is 0 Å². The van der Waals surface area contributed by atoms with Crippen molar-refractivity contribution in [3.8, 4) is 0 Å². The highest BCUT2D eigenvalue weighted by molar-refractivity contribution is 14.1. The van der Waals surface area contributed by atoms with Crippen molar-refractivity contribution in [1.29, 1.82) is 0 Å². The summed E-state index contributed by atoms with van der Waals surface area (Å²) in [7, 11) is 0. The van der Waals surface area contributed by atoms with Crippen LogP contribution in [0.25, 0.3) is 11.8 Å². The molecule has 3 aromatic rings. The lowest BCUT2D eigenvalue weighted by Crippen LogP contribution is -2.25. The molecule has 1 aliphatic heterocycles. The summed E-state index contributed by atoms with van der Waals surface area (Å²) in [6.45, 7) is 0. The normalized spacial score (nSPS) is 15.3. The lowest BCUT2D eigenvalue weighted by Gasteiger charge is -2.21. The number of halogens is 2. The van der Waals surface area contributed by atoms with Gasteiger partial charge in [-0.3, -0.25) is 9.69 Å². The van der Waals surface area contributed by atoms with Crippen molar-refractivity contribution in [3.05, 3.63) is 110 Å². The number of carbonyl (C=O) groups excluding carboxylic acids is 1. The van der Waals surface area contributed by atoms with Crippen LogP contribution >= 0.6 is 34.2 Å². The SMILES string of the molecule is O=C1/C(=C/c2ccccc2)C=C(c2ccc(Cl)cc2)N1c1cccc(I)c1. The Morgan fingerprint density at radius 2 is 1.63 bits per heavy atom. The lowest BCUT2D eigenvalue weighted by atomic mass is 10.1. The van der Waals surface area contributed by atoms with Gasteiger partial charge in [0, 0.05) is 14.2 Å². The van der Waals surface area contributed by atoms with Crippen molar-refractivity contribution in [1.82, 2.24) is 0 Å². The van der Waals surface area contributed by atoms with E-state index >= 15 is 0 Å². The molecule has 0 aliphatic carbocycles. The Balaban J connectivity index is 1.84. The van der Waals surface area contributed by atoms with E-state index in [4.69, 9.17) is 11.6 Å². The molecule has 0 unspecified atom stereocenters. The number of hydrogen-bond donors (Lipinski definition) is 0. The zero-order valence-electron chi connectivity index (χ0n) is 14.3. The largest absolute Gasteiger partial charge is 0.276 e. The molecule has 0 N–H and O–H groups in total. The quantitative estimate of drug-likeness (QED) is 0.311. The minimum atomic E-state index is -0.0363. The molecule has 0 fully saturated rings. The molecule has 0 bridgehead atoms. The van der Waals surface area contributed by atoms with Gasteiger partial charge in [0.25, 0.3) is 5.91 Å². The first-order chi connectivity index (χ1) is 13.1. The van der Waals surface area contributed by atoms with Gasteiger partial charge in [-0.1, -0.05) is 60.1 Å². The molecular weight excluding hydrogens is 469 g/mol. The van der Waals surface area contributed by atoms with E-state index < -0.39 is 0 Å². The van der Waals surface area contributed by atoms with E-state index in [9.17, 15) is 4.79 Å². The zero-order valence-corrected chi connectivity index (χ0v) is 17.2. The van der Waals surface area contributed by atoms with E-state index in [0.717, 1.165) is 26.1 Å². The van der Waals surface area contributed by atoms with Crippen LogP contribution < -0.4 is 4.90 Å². The van der Waals surface area contributed by atoms with Crippen LogP contribution in [0, 0.1) is 3.57 Å². The summed E-state index contributed by atoms with van der Waals surface area (Å²) in [5.74, 6) is -0.0363. The molecule has 0 atom stereocenters. The van der Waals surface area contributed by atoms with Crippen molar-refractivity contribution < 1.29 is 4.79 Å². The fraction of sp³-hybridized carbons (Fsp3) is 0. The van der Waals surface area contributed by atoms with E-state index in [1.807, 2.05) is 91.0 Å². The van der Waals surface area contributed by atoms with Crippen LogP contribution in [0.1, 0.15) is 11.1 Å². The summed E-state index contributed by atoms with van der Waals surface area (Å²) in [4.78, 5) is 15.0. The van der Waals surface area contributed by atoms with Crippen LogP contribution in [0.3, 0.4) is 0 Å². The Morgan fingerprint density at radius 1 is 0.889 bits per heavy atom. The first kappa shape index (κ1) is 18.0. The third-order valence-electron chi connectivity index (χ3n) is 4.31. The standard InChI is InChI=1S/C23H15ClINO/c24-19-11-9-17(10-12-19)22-14-18(13-16-5-2-1-3-6-16)23(27)26(22)21-8-4-7-20(25)15-21/h1-15H/b18-13+. The van der Waals surface area contributed by atoms with Gasteiger partial charge in [-0.25, -0.2) is 0 Å². The van der Waals surface area contributed by atoms with Gasteiger partial charge in [0.2, 0.25) is 0 Å². The van der Waals surface area contributed by atoms with Gasteiger partial charge in [0.05, 0.1) is 11.4 Å². The molecule has 4 heteroatoms. The Kier molecular flexibility index (Phi) is 5.14. The molecule has 0 saturated carbocycles. The van der Waals surface area contributed by atoms with Crippen LogP contribution in [-0.4, -0.2) is 5.91 Å². The topological polar surface area (TPSA) is 20.3 Å². The van der Waals surface area contributed by atoms with Crippen LogP contribution in [0.5, 0.6) is 0 Å². The smallest absolute Gasteiger partial charge is 0.262 e. The van der Waals surface area contributed by atoms with E-state index in [0.29, 0.717) is 10.6 Å². The van der Waals surface area contributed by atoms with Crippen molar-refractivity contribution in [2.75, 3.05) is 4.90 Å². The first-order valence-electron chi connectivity index (χ1n) is 8.46. The second-order valence-corrected chi connectivity index (χ2v) is 7.85. The summed E-state index contributed by atoms with van der Waals surface area (Å²) in [5, 5.41) is 0.671. The Morgan fingerprint density at radius 3 is 2.33 bits per heavy atom. The Bertz CT molecular complexity index is 1060. The van der Waals surface area contributed by atoms with Crippen LogP contribution in [0.2, 0.25) is 5.02 Å². The highest BCUT2D eigenvalue weighted by atomic mass is 127. The molecule has 1 aliphatic rings.